The smallest absolute Gasteiger partial charge is 0.0436 e. The minimum absolute atomic E-state index is 0.240. The standard InChI is InChI=1S/C10H13ClO/c1-8(6-7-12)9-2-4-10(11)5-3-9/h2-5,8,12H,6-7H2,1H3/t8-/m0/s1. The van der Waals surface area contributed by atoms with Crippen LogP contribution < -0.4 is 0 Å². The molecule has 1 aromatic rings. The van der Waals surface area contributed by atoms with Crippen LogP contribution >= 0.6 is 11.6 Å². The Balaban J connectivity index is 2.68. The molecule has 0 aromatic heterocycles. The van der Waals surface area contributed by atoms with Gasteiger partial charge in [0.1, 0.15) is 0 Å². The van der Waals surface area contributed by atoms with Gasteiger partial charge in [-0.25, -0.2) is 0 Å². The second kappa shape index (κ2) is 4.48. The van der Waals surface area contributed by atoms with Crippen LogP contribution in [0.25, 0.3) is 0 Å². The molecule has 0 aliphatic carbocycles. The van der Waals surface area contributed by atoms with E-state index in [9.17, 15) is 0 Å². The molecule has 0 radical (unpaired) electrons. The number of aliphatic hydroxyl groups excluding tert-OH is 1. The number of hydrogen-bond acceptors (Lipinski definition) is 1. The van der Waals surface area contributed by atoms with Crippen molar-refractivity contribution in [3.63, 3.8) is 0 Å². The number of rotatable bonds is 3. The van der Waals surface area contributed by atoms with E-state index in [4.69, 9.17) is 16.7 Å². The molecule has 0 saturated heterocycles. The van der Waals surface area contributed by atoms with E-state index in [2.05, 4.69) is 6.92 Å². The van der Waals surface area contributed by atoms with Gasteiger partial charge in [0.25, 0.3) is 0 Å². The molecule has 12 heavy (non-hydrogen) atoms. The molecule has 0 aliphatic rings. The minimum atomic E-state index is 0.240. The second-order valence-electron chi connectivity index (χ2n) is 2.96. The van der Waals surface area contributed by atoms with Crippen LogP contribution in [0.4, 0.5) is 0 Å². The minimum Gasteiger partial charge on any atom is -0.396 e. The molecule has 0 bridgehead atoms. The fourth-order valence-electron chi connectivity index (χ4n) is 1.15. The Morgan fingerprint density at radius 1 is 1.33 bits per heavy atom. The summed E-state index contributed by atoms with van der Waals surface area (Å²) in [4.78, 5) is 0. The summed E-state index contributed by atoms with van der Waals surface area (Å²) >= 11 is 5.74. The van der Waals surface area contributed by atoms with Crippen LogP contribution in [-0.2, 0) is 0 Å². The first-order valence-corrected chi connectivity index (χ1v) is 4.48. The first-order chi connectivity index (χ1) is 5.74. The van der Waals surface area contributed by atoms with Gasteiger partial charge in [-0.05, 0) is 30.0 Å². The molecule has 0 unspecified atom stereocenters. The monoisotopic (exact) mass is 184 g/mol. The van der Waals surface area contributed by atoms with E-state index in [0.29, 0.717) is 5.92 Å². The van der Waals surface area contributed by atoms with Crippen LogP contribution in [0.5, 0.6) is 0 Å². The fourth-order valence-corrected chi connectivity index (χ4v) is 1.28. The van der Waals surface area contributed by atoms with Crippen LogP contribution in [0.2, 0.25) is 5.02 Å². The Labute approximate surface area is 78.0 Å². The van der Waals surface area contributed by atoms with E-state index in [0.717, 1.165) is 11.4 Å². The normalized spacial score (nSPS) is 12.9. The van der Waals surface area contributed by atoms with Gasteiger partial charge in [0.05, 0.1) is 0 Å². The molecule has 0 heterocycles. The predicted molar refractivity (Wildman–Crippen MR) is 51.6 cm³/mol. The summed E-state index contributed by atoms with van der Waals surface area (Å²) in [5.41, 5.74) is 1.23. The van der Waals surface area contributed by atoms with Crippen LogP contribution in [-0.4, -0.2) is 11.7 Å². The molecule has 0 amide bonds. The van der Waals surface area contributed by atoms with E-state index < -0.39 is 0 Å². The third kappa shape index (κ3) is 2.50. The first kappa shape index (κ1) is 9.56. The highest BCUT2D eigenvalue weighted by Gasteiger charge is 2.03. The molecular formula is C10H13ClO. The molecule has 0 saturated carbocycles. The Morgan fingerprint density at radius 2 is 1.92 bits per heavy atom. The highest BCUT2D eigenvalue weighted by molar-refractivity contribution is 6.30. The summed E-state index contributed by atoms with van der Waals surface area (Å²) in [6, 6.07) is 7.76. The predicted octanol–water partition coefficient (Wildman–Crippen LogP) is 2.83. The van der Waals surface area contributed by atoms with Crippen molar-refractivity contribution in [2.24, 2.45) is 0 Å². The van der Waals surface area contributed by atoms with E-state index >= 15 is 0 Å². The molecule has 1 aromatic carbocycles. The van der Waals surface area contributed by atoms with Crippen LogP contribution in [0.15, 0.2) is 24.3 Å². The maximum Gasteiger partial charge on any atom is 0.0436 e. The van der Waals surface area contributed by atoms with Gasteiger partial charge in [0, 0.05) is 11.6 Å². The third-order valence-corrected chi connectivity index (χ3v) is 2.25. The van der Waals surface area contributed by atoms with E-state index in [1.807, 2.05) is 24.3 Å². The zero-order chi connectivity index (χ0) is 8.97. The lowest BCUT2D eigenvalue weighted by Gasteiger charge is -2.09. The fraction of sp³-hybridized carbons (Fsp3) is 0.400. The van der Waals surface area contributed by atoms with Gasteiger partial charge in [-0.2, -0.15) is 0 Å². The topological polar surface area (TPSA) is 20.2 Å². The summed E-state index contributed by atoms with van der Waals surface area (Å²) in [5, 5.41) is 9.49. The molecule has 0 spiro atoms. The second-order valence-corrected chi connectivity index (χ2v) is 3.40. The van der Waals surface area contributed by atoms with E-state index in [-0.39, 0.29) is 6.61 Å². The average Bonchev–Trinajstić information content (AvgIpc) is 2.06. The molecule has 1 atom stereocenters. The van der Waals surface area contributed by atoms with Gasteiger partial charge in [-0.3, -0.25) is 0 Å². The Morgan fingerprint density at radius 3 is 2.42 bits per heavy atom. The lowest BCUT2D eigenvalue weighted by atomic mass is 9.98. The molecule has 66 valence electrons. The quantitative estimate of drug-likeness (QED) is 0.766. The van der Waals surface area contributed by atoms with Crippen molar-refractivity contribution in [3.05, 3.63) is 34.9 Å². The van der Waals surface area contributed by atoms with Crippen molar-refractivity contribution in [2.75, 3.05) is 6.61 Å². The summed E-state index contributed by atoms with van der Waals surface area (Å²) in [7, 11) is 0. The summed E-state index contributed by atoms with van der Waals surface area (Å²) in [6.45, 7) is 2.34. The summed E-state index contributed by atoms with van der Waals surface area (Å²) < 4.78 is 0. The number of benzene rings is 1. The molecule has 2 heteroatoms. The first-order valence-electron chi connectivity index (χ1n) is 4.10. The summed E-state index contributed by atoms with van der Waals surface area (Å²) in [5.74, 6) is 0.410. The lowest BCUT2D eigenvalue weighted by molar-refractivity contribution is 0.278. The Hall–Kier alpha value is -0.530. The highest BCUT2D eigenvalue weighted by atomic mass is 35.5. The molecule has 1 nitrogen and oxygen atoms in total. The van der Waals surface area contributed by atoms with E-state index in [1.165, 1.54) is 5.56 Å². The molecular weight excluding hydrogens is 172 g/mol. The zero-order valence-electron chi connectivity index (χ0n) is 7.13. The van der Waals surface area contributed by atoms with Gasteiger partial charge in [0.2, 0.25) is 0 Å². The molecule has 1 rings (SSSR count). The lowest BCUT2D eigenvalue weighted by Crippen LogP contribution is -1.95. The number of hydrogen-bond donors (Lipinski definition) is 1. The van der Waals surface area contributed by atoms with Crippen molar-refractivity contribution in [2.45, 2.75) is 19.3 Å². The molecule has 0 fully saturated rings. The average molecular weight is 185 g/mol. The maximum atomic E-state index is 8.73. The zero-order valence-corrected chi connectivity index (χ0v) is 7.88. The largest absolute Gasteiger partial charge is 0.396 e. The van der Waals surface area contributed by atoms with Gasteiger partial charge in [0.15, 0.2) is 0 Å². The van der Waals surface area contributed by atoms with Crippen molar-refractivity contribution in [1.29, 1.82) is 0 Å². The van der Waals surface area contributed by atoms with Crippen LogP contribution in [0.1, 0.15) is 24.8 Å². The Kier molecular flexibility index (Phi) is 3.57. The SMILES string of the molecule is C[C@@H](CCO)c1ccc(Cl)cc1. The summed E-state index contributed by atoms with van der Waals surface area (Å²) in [6.07, 6.45) is 0.807. The maximum absolute atomic E-state index is 8.73. The Bertz CT molecular complexity index is 230. The van der Waals surface area contributed by atoms with Crippen molar-refractivity contribution >= 4 is 11.6 Å². The van der Waals surface area contributed by atoms with Crippen molar-refractivity contribution in [3.8, 4) is 0 Å². The van der Waals surface area contributed by atoms with Gasteiger partial charge >= 0.3 is 0 Å². The van der Waals surface area contributed by atoms with Gasteiger partial charge in [-0.1, -0.05) is 30.7 Å². The molecule has 1 N–H and O–H groups in total. The number of halogens is 1. The number of aliphatic hydroxyl groups is 1. The highest BCUT2D eigenvalue weighted by Crippen LogP contribution is 2.20. The van der Waals surface area contributed by atoms with Crippen molar-refractivity contribution < 1.29 is 5.11 Å². The van der Waals surface area contributed by atoms with Crippen LogP contribution in [0.3, 0.4) is 0 Å². The molecule has 0 aliphatic heterocycles. The van der Waals surface area contributed by atoms with Gasteiger partial charge in [-0.15, -0.1) is 0 Å². The third-order valence-electron chi connectivity index (χ3n) is 2.00. The van der Waals surface area contributed by atoms with Crippen LogP contribution in [0, 0.1) is 0 Å². The van der Waals surface area contributed by atoms with Crippen molar-refractivity contribution in [1.82, 2.24) is 0 Å². The van der Waals surface area contributed by atoms with E-state index in [1.54, 1.807) is 0 Å². The van der Waals surface area contributed by atoms with Gasteiger partial charge < -0.3 is 5.11 Å².